The summed E-state index contributed by atoms with van der Waals surface area (Å²) in [5.41, 5.74) is 1.62. The summed E-state index contributed by atoms with van der Waals surface area (Å²) in [5, 5.41) is 27.0. The molecule has 35 heavy (non-hydrogen) atoms. The van der Waals surface area contributed by atoms with Gasteiger partial charge in [0.25, 0.3) is 5.91 Å². The fourth-order valence-corrected chi connectivity index (χ4v) is 3.38. The molecule has 2 atom stereocenters. The van der Waals surface area contributed by atoms with Gasteiger partial charge in [0.05, 0.1) is 12.2 Å². The third-order valence-electron chi connectivity index (χ3n) is 5.12. The van der Waals surface area contributed by atoms with Crippen LogP contribution in [-0.2, 0) is 16.0 Å². The lowest BCUT2D eigenvalue weighted by Gasteiger charge is -2.22. The molecule has 2 rings (SSSR count). The van der Waals surface area contributed by atoms with Crippen LogP contribution in [0.25, 0.3) is 0 Å². The van der Waals surface area contributed by atoms with E-state index in [1.54, 1.807) is 37.3 Å². The van der Waals surface area contributed by atoms with E-state index in [-0.39, 0.29) is 18.0 Å². The number of carbonyl (C=O) groups excluding carboxylic acids is 2. The third kappa shape index (κ3) is 8.86. The minimum absolute atomic E-state index is 0.101. The molecule has 0 aliphatic heterocycles. The first-order valence-electron chi connectivity index (χ1n) is 11.3. The Kier molecular flexibility index (Phi) is 11.0. The van der Waals surface area contributed by atoms with Crippen molar-refractivity contribution in [3.63, 3.8) is 0 Å². The Morgan fingerprint density at radius 3 is 2.34 bits per heavy atom. The number of amides is 2. The van der Waals surface area contributed by atoms with Crippen molar-refractivity contribution in [2.24, 2.45) is 0 Å². The zero-order valence-electron chi connectivity index (χ0n) is 20.0. The third-order valence-corrected chi connectivity index (χ3v) is 5.53. The number of halogens is 1. The summed E-state index contributed by atoms with van der Waals surface area (Å²) in [6.07, 6.45) is 0.101. The van der Waals surface area contributed by atoms with Gasteiger partial charge in [-0.3, -0.25) is 9.59 Å². The summed E-state index contributed by atoms with van der Waals surface area (Å²) in [6, 6.07) is 9.75. The molecule has 0 aromatic heterocycles. The lowest BCUT2D eigenvalue weighted by Crippen LogP contribution is -2.53. The van der Waals surface area contributed by atoms with Crippen LogP contribution in [-0.4, -0.2) is 65.9 Å². The number of carbonyl (C=O) groups is 3. The van der Waals surface area contributed by atoms with E-state index in [0.717, 1.165) is 11.1 Å². The largest absolute Gasteiger partial charge is 0.491 e. The molecule has 0 aliphatic carbocycles. The highest BCUT2D eigenvalue weighted by atomic mass is 35.5. The quantitative estimate of drug-likeness (QED) is 0.262. The second-order valence-corrected chi connectivity index (χ2v) is 8.76. The molecule has 0 fully saturated rings. The van der Waals surface area contributed by atoms with Crippen LogP contribution in [0.3, 0.4) is 0 Å². The van der Waals surface area contributed by atoms with Gasteiger partial charge < -0.3 is 30.9 Å². The van der Waals surface area contributed by atoms with Crippen molar-refractivity contribution in [2.75, 3.05) is 19.8 Å². The van der Waals surface area contributed by atoms with Crippen molar-refractivity contribution in [1.82, 2.24) is 16.0 Å². The van der Waals surface area contributed by atoms with Crippen molar-refractivity contribution in [2.45, 2.75) is 45.3 Å². The molecule has 5 N–H and O–H groups in total. The zero-order chi connectivity index (χ0) is 26.0. The van der Waals surface area contributed by atoms with Gasteiger partial charge in [0.1, 0.15) is 24.4 Å². The van der Waals surface area contributed by atoms with Crippen molar-refractivity contribution >= 4 is 29.4 Å². The number of benzene rings is 2. The van der Waals surface area contributed by atoms with Crippen molar-refractivity contribution in [3.8, 4) is 5.75 Å². The van der Waals surface area contributed by atoms with Crippen LogP contribution in [0.4, 0.5) is 0 Å². The number of rotatable bonds is 13. The van der Waals surface area contributed by atoms with Gasteiger partial charge in [-0.15, -0.1) is 0 Å². The molecule has 2 amide bonds. The minimum Gasteiger partial charge on any atom is -0.491 e. The second-order valence-electron chi connectivity index (χ2n) is 8.35. The predicted molar refractivity (Wildman–Crippen MR) is 133 cm³/mol. The van der Waals surface area contributed by atoms with Crippen LogP contribution in [0.5, 0.6) is 5.75 Å². The lowest BCUT2D eigenvalue weighted by molar-refractivity contribution is -0.143. The monoisotopic (exact) mass is 505 g/mol. The van der Waals surface area contributed by atoms with E-state index in [0.29, 0.717) is 23.9 Å². The van der Waals surface area contributed by atoms with Crippen LogP contribution in [0, 0.1) is 6.92 Å². The molecule has 0 radical (unpaired) electrons. The molecule has 0 bridgehead atoms. The van der Waals surface area contributed by atoms with Crippen LogP contribution >= 0.6 is 11.6 Å². The number of ether oxygens (including phenoxy) is 1. The van der Waals surface area contributed by atoms with E-state index < -0.39 is 36.5 Å². The fourth-order valence-electron chi connectivity index (χ4n) is 3.21. The normalized spacial score (nSPS) is 12.6. The molecule has 9 nitrogen and oxygen atoms in total. The van der Waals surface area contributed by atoms with Gasteiger partial charge in [-0.1, -0.05) is 55.8 Å². The van der Waals surface area contributed by atoms with Crippen LogP contribution < -0.4 is 20.7 Å². The number of hydrogen-bond donors (Lipinski definition) is 5. The smallest absolute Gasteiger partial charge is 0.328 e. The number of aliphatic carboxylic acids is 1. The highest BCUT2D eigenvalue weighted by Crippen LogP contribution is 2.27. The standard InChI is InChI=1S/C25H32ClN3O6/c1-15(2)27-9-10-35-22-11-16(3)19(26)13-18(22)23(31)28-20(12-17-7-5-4-6-8-17)24(32)29-21(14-30)25(33)34/h4-8,11,13,15,20-21,27,30H,9-10,12,14H2,1-3H3,(H,28,31)(H,29,32)(H,33,34)/t20-,21-/m0/s1. The van der Waals surface area contributed by atoms with Crippen LogP contribution in [0.1, 0.15) is 35.3 Å². The molecule has 2 aromatic rings. The summed E-state index contributed by atoms with van der Waals surface area (Å²) >= 11 is 6.26. The Morgan fingerprint density at radius 2 is 1.74 bits per heavy atom. The maximum Gasteiger partial charge on any atom is 0.328 e. The SMILES string of the molecule is Cc1cc(OCCNC(C)C)c(C(=O)N[C@@H](Cc2ccccc2)C(=O)N[C@@H](CO)C(=O)O)cc1Cl. The number of carboxylic acid groups (broad SMARTS) is 1. The Hall–Kier alpha value is -3.14. The van der Waals surface area contributed by atoms with Crippen molar-refractivity contribution in [3.05, 3.63) is 64.2 Å². The maximum absolute atomic E-state index is 13.3. The summed E-state index contributed by atoms with van der Waals surface area (Å²) in [4.78, 5) is 37.4. The molecule has 0 saturated heterocycles. The number of carboxylic acids is 1. The molecule has 0 heterocycles. The molecular weight excluding hydrogens is 474 g/mol. The Morgan fingerprint density at radius 1 is 1.06 bits per heavy atom. The first kappa shape index (κ1) is 28.1. The number of aliphatic hydroxyl groups excluding tert-OH is 1. The van der Waals surface area contributed by atoms with Gasteiger partial charge in [-0.25, -0.2) is 4.79 Å². The summed E-state index contributed by atoms with van der Waals surface area (Å²) in [7, 11) is 0. The number of aryl methyl sites for hydroxylation is 1. The molecule has 0 spiro atoms. The van der Waals surface area contributed by atoms with Gasteiger partial charge in [0.15, 0.2) is 0 Å². The van der Waals surface area contributed by atoms with Crippen LogP contribution in [0.15, 0.2) is 42.5 Å². The first-order chi connectivity index (χ1) is 16.6. The average Bonchev–Trinajstić information content (AvgIpc) is 2.81. The molecule has 10 heteroatoms. The number of aliphatic hydroxyl groups is 1. The Balaban J connectivity index is 2.27. The van der Waals surface area contributed by atoms with Crippen molar-refractivity contribution < 1.29 is 29.3 Å². The van der Waals surface area contributed by atoms with E-state index in [9.17, 15) is 24.6 Å². The molecule has 0 unspecified atom stereocenters. The van der Waals surface area contributed by atoms with Crippen LogP contribution in [0.2, 0.25) is 5.02 Å². The molecule has 0 saturated carbocycles. The Labute approximate surface area is 209 Å². The van der Waals surface area contributed by atoms with E-state index in [4.69, 9.17) is 16.3 Å². The highest BCUT2D eigenvalue weighted by molar-refractivity contribution is 6.31. The van der Waals surface area contributed by atoms with E-state index in [2.05, 4.69) is 16.0 Å². The van der Waals surface area contributed by atoms with Gasteiger partial charge in [0.2, 0.25) is 5.91 Å². The zero-order valence-corrected chi connectivity index (χ0v) is 20.8. The molecular formula is C25H32ClN3O6. The fraction of sp³-hybridized carbons (Fsp3) is 0.400. The second kappa shape index (κ2) is 13.7. The summed E-state index contributed by atoms with van der Waals surface area (Å²) in [5.74, 6) is -2.43. The minimum atomic E-state index is -1.50. The van der Waals surface area contributed by atoms with Gasteiger partial charge >= 0.3 is 5.97 Å². The van der Waals surface area contributed by atoms with E-state index in [1.165, 1.54) is 6.07 Å². The number of nitrogens with one attached hydrogen (secondary N) is 3. The predicted octanol–water partition coefficient (Wildman–Crippen LogP) is 1.93. The summed E-state index contributed by atoms with van der Waals surface area (Å²) in [6.45, 7) is 5.89. The van der Waals surface area contributed by atoms with E-state index >= 15 is 0 Å². The topological polar surface area (TPSA) is 137 Å². The lowest BCUT2D eigenvalue weighted by atomic mass is 10.0. The Bertz CT molecular complexity index is 1020. The number of hydrogen-bond acceptors (Lipinski definition) is 6. The maximum atomic E-state index is 13.3. The average molecular weight is 506 g/mol. The summed E-state index contributed by atoms with van der Waals surface area (Å²) < 4.78 is 5.82. The van der Waals surface area contributed by atoms with Gasteiger partial charge in [0, 0.05) is 24.0 Å². The van der Waals surface area contributed by atoms with E-state index in [1.807, 2.05) is 19.9 Å². The van der Waals surface area contributed by atoms with Gasteiger partial charge in [-0.05, 0) is 30.2 Å². The van der Waals surface area contributed by atoms with Gasteiger partial charge in [-0.2, -0.15) is 0 Å². The first-order valence-corrected chi connectivity index (χ1v) is 11.6. The molecule has 0 aliphatic rings. The van der Waals surface area contributed by atoms with Crippen molar-refractivity contribution in [1.29, 1.82) is 0 Å². The molecule has 2 aromatic carbocycles. The highest BCUT2D eigenvalue weighted by Gasteiger charge is 2.28. The molecule has 190 valence electrons.